The van der Waals surface area contributed by atoms with E-state index in [-0.39, 0.29) is 18.2 Å². The van der Waals surface area contributed by atoms with E-state index in [1.165, 1.54) is 0 Å². The molecule has 1 fully saturated rings. The largest absolute Gasteiger partial charge is 0.445 e. The van der Waals surface area contributed by atoms with E-state index >= 15 is 0 Å². The van der Waals surface area contributed by atoms with Gasteiger partial charge in [0.15, 0.2) is 0 Å². The number of amides is 2. The van der Waals surface area contributed by atoms with Gasteiger partial charge in [0.05, 0.1) is 6.04 Å². The Hall–Kier alpha value is -2.10. The van der Waals surface area contributed by atoms with Crippen LogP contribution in [0.1, 0.15) is 54.0 Å². The quantitative estimate of drug-likeness (QED) is 0.292. The Morgan fingerprint density at radius 1 is 1.03 bits per heavy atom. The second-order valence-corrected chi connectivity index (χ2v) is 16.1. The number of ether oxygens (including phenoxy) is 2. The van der Waals surface area contributed by atoms with Crippen molar-refractivity contribution in [2.75, 3.05) is 19.6 Å². The summed E-state index contributed by atoms with van der Waals surface area (Å²) in [5.41, 5.74) is 0.286. The maximum absolute atomic E-state index is 13.0. The highest BCUT2D eigenvalue weighted by molar-refractivity contribution is 6.73. The molecule has 34 heavy (non-hydrogen) atoms. The van der Waals surface area contributed by atoms with Crippen molar-refractivity contribution in [3.8, 4) is 0 Å². The number of benzene rings is 1. The van der Waals surface area contributed by atoms with Gasteiger partial charge in [-0.2, -0.15) is 0 Å². The van der Waals surface area contributed by atoms with Gasteiger partial charge in [0, 0.05) is 19.6 Å². The highest BCUT2D eigenvalue weighted by atomic mass is 28.4. The normalized spacial score (nSPS) is 18.4. The molecule has 1 unspecified atom stereocenters. The van der Waals surface area contributed by atoms with Crippen LogP contribution in [0.15, 0.2) is 30.3 Å². The predicted molar refractivity (Wildman–Crippen MR) is 134 cm³/mol. The van der Waals surface area contributed by atoms with Crippen molar-refractivity contribution in [1.82, 2.24) is 9.80 Å². The van der Waals surface area contributed by atoms with Gasteiger partial charge in [-0.3, -0.25) is 9.48 Å². The summed E-state index contributed by atoms with van der Waals surface area (Å²) in [4.78, 5) is 34.9. The van der Waals surface area contributed by atoms with E-state index in [2.05, 4.69) is 33.9 Å². The summed E-state index contributed by atoms with van der Waals surface area (Å²) in [5, 5.41) is -0.0303. The molecule has 0 spiro atoms. The van der Waals surface area contributed by atoms with E-state index in [4.69, 9.17) is 18.9 Å². The fourth-order valence-corrected chi connectivity index (χ4v) is 3.76. The highest BCUT2D eigenvalue weighted by Crippen LogP contribution is 2.37. The first-order valence-electron chi connectivity index (χ1n) is 11.9. The van der Waals surface area contributed by atoms with E-state index in [1.807, 2.05) is 58.0 Å². The summed E-state index contributed by atoms with van der Waals surface area (Å²) in [6.45, 7) is 19.0. The smallest absolute Gasteiger partial charge is 0.410 e. The van der Waals surface area contributed by atoms with Crippen molar-refractivity contribution in [3.05, 3.63) is 35.9 Å². The van der Waals surface area contributed by atoms with Gasteiger partial charge in [-0.1, -0.05) is 51.1 Å². The third-order valence-corrected chi connectivity index (χ3v) is 10.4. The molecule has 0 saturated carbocycles. The summed E-state index contributed by atoms with van der Waals surface area (Å²) >= 11 is 0. The first-order valence-corrected chi connectivity index (χ1v) is 14.8. The molecule has 1 heterocycles. The molecular formula is C25H42N2O6Si. The van der Waals surface area contributed by atoms with Crippen LogP contribution in [0.2, 0.25) is 18.1 Å². The molecule has 0 bridgehead atoms. The molecule has 2 rings (SSSR count). The minimum atomic E-state index is -2.17. The number of carbonyl (C=O) groups is 2. The van der Waals surface area contributed by atoms with Crippen LogP contribution < -0.4 is 0 Å². The Morgan fingerprint density at radius 3 is 2.21 bits per heavy atom. The lowest BCUT2D eigenvalue weighted by molar-refractivity contribution is -0.267. The van der Waals surface area contributed by atoms with E-state index in [0.29, 0.717) is 13.1 Å². The Balaban J connectivity index is 2.11. The molecule has 2 atom stereocenters. The van der Waals surface area contributed by atoms with Gasteiger partial charge in [-0.05, 0) is 51.4 Å². The van der Waals surface area contributed by atoms with Gasteiger partial charge in [0.1, 0.15) is 18.3 Å². The summed E-state index contributed by atoms with van der Waals surface area (Å²) in [7, 11) is -2.17. The van der Waals surface area contributed by atoms with Crippen LogP contribution in [0.5, 0.6) is 0 Å². The van der Waals surface area contributed by atoms with Crippen LogP contribution in [0.3, 0.4) is 0 Å². The first-order chi connectivity index (χ1) is 15.6. The molecule has 9 heteroatoms. The molecule has 2 amide bonds. The molecule has 1 aliphatic rings. The number of carbonyl (C=O) groups excluding carboxylic acids is 2. The lowest BCUT2D eigenvalue weighted by Crippen LogP contribution is -2.61. The van der Waals surface area contributed by atoms with Crippen molar-refractivity contribution in [3.63, 3.8) is 0 Å². The molecule has 1 aromatic rings. The second kappa shape index (κ2) is 11.1. The van der Waals surface area contributed by atoms with Gasteiger partial charge in [-0.15, -0.1) is 0 Å². The summed E-state index contributed by atoms with van der Waals surface area (Å²) in [5.74, 6) is 0. The molecule has 1 saturated heterocycles. The summed E-state index contributed by atoms with van der Waals surface area (Å²) in [6, 6.07) is 9.09. The third-order valence-electron chi connectivity index (χ3n) is 6.27. The maximum Gasteiger partial charge on any atom is 0.410 e. The van der Waals surface area contributed by atoms with E-state index in [1.54, 1.807) is 9.80 Å². The summed E-state index contributed by atoms with van der Waals surface area (Å²) < 4.78 is 17.1. The molecule has 192 valence electrons. The topological polar surface area (TPSA) is 77.5 Å². The number of hydrogen-bond acceptors (Lipinski definition) is 6. The van der Waals surface area contributed by atoms with Crippen molar-refractivity contribution in [1.29, 1.82) is 0 Å². The second-order valence-electron chi connectivity index (χ2n) is 11.4. The van der Waals surface area contributed by atoms with Crippen LogP contribution in [0.4, 0.5) is 9.59 Å². The lowest BCUT2D eigenvalue weighted by Gasteiger charge is -2.44. The van der Waals surface area contributed by atoms with E-state index in [9.17, 15) is 9.59 Å². The van der Waals surface area contributed by atoms with E-state index in [0.717, 1.165) is 5.56 Å². The molecule has 8 nitrogen and oxygen atoms in total. The maximum atomic E-state index is 13.0. The zero-order valence-corrected chi connectivity index (χ0v) is 23.2. The number of piperazine rings is 1. The van der Waals surface area contributed by atoms with Gasteiger partial charge in [-0.25, -0.2) is 14.5 Å². The van der Waals surface area contributed by atoms with Crippen LogP contribution in [-0.4, -0.2) is 67.7 Å². The van der Waals surface area contributed by atoms with Crippen molar-refractivity contribution in [2.45, 2.75) is 91.0 Å². The monoisotopic (exact) mass is 494 g/mol. The van der Waals surface area contributed by atoms with E-state index < -0.39 is 38.3 Å². The molecule has 0 N–H and O–H groups in total. The molecule has 0 radical (unpaired) electrons. The Morgan fingerprint density at radius 2 is 1.65 bits per heavy atom. The zero-order chi connectivity index (χ0) is 25.7. The van der Waals surface area contributed by atoms with Crippen LogP contribution in [0, 0.1) is 0 Å². The molecule has 0 aromatic heterocycles. The standard InChI is InChI=1S/C25H42N2O6Si/c1-19(32-33-34(8,9)25(5,6)7)21-17-26(15-16-27(21)23(29)31-24(2,3)4)22(28)30-18-20-13-11-10-12-14-20/h10-14,19,21H,15-18H2,1-9H3/t19?,21-/m1/s1. The van der Waals surface area contributed by atoms with Crippen LogP contribution in [0.25, 0.3) is 0 Å². The fourth-order valence-electron chi connectivity index (χ4n) is 3.12. The van der Waals surface area contributed by atoms with Gasteiger partial charge in [0.2, 0.25) is 8.32 Å². The minimum Gasteiger partial charge on any atom is -0.445 e. The minimum absolute atomic E-state index is 0.0303. The van der Waals surface area contributed by atoms with Crippen molar-refractivity contribution in [2.24, 2.45) is 0 Å². The average molecular weight is 495 g/mol. The van der Waals surface area contributed by atoms with Gasteiger partial charge in [0.25, 0.3) is 0 Å². The Bertz CT molecular complexity index is 819. The van der Waals surface area contributed by atoms with Crippen LogP contribution >= 0.6 is 0 Å². The van der Waals surface area contributed by atoms with Crippen molar-refractivity contribution < 1.29 is 28.5 Å². The number of hydrogen-bond donors (Lipinski definition) is 0. The number of rotatable bonds is 6. The third kappa shape index (κ3) is 7.99. The SMILES string of the molecule is CC(OO[Si](C)(C)C(C)(C)C)[C@H]1CN(C(=O)OCc2ccccc2)CCN1C(=O)OC(C)(C)C. The number of nitrogens with zero attached hydrogens (tertiary/aromatic N) is 2. The van der Waals surface area contributed by atoms with Gasteiger partial charge < -0.3 is 14.4 Å². The first kappa shape index (κ1) is 28.1. The van der Waals surface area contributed by atoms with Gasteiger partial charge >= 0.3 is 12.2 Å². The molecule has 1 aromatic carbocycles. The van der Waals surface area contributed by atoms with Crippen LogP contribution in [-0.2, 0) is 25.5 Å². The predicted octanol–water partition coefficient (Wildman–Crippen LogP) is 5.59. The fraction of sp³-hybridized carbons (Fsp3) is 0.680. The molecule has 1 aliphatic heterocycles. The summed E-state index contributed by atoms with van der Waals surface area (Å²) in [6.07, 6.45) is -1.33. The highest BCUT2D eigenvalue weighted by Gasteiger charge is 2.42. The Labute approximate surface area is 205 Å². The Kier molecular flexibility index (Phi) is 9.18. The average Bonchev–Trinajstić information content (AvgIpc) is 2.74. The van der Waals surface area contributed by atoms with Crippen molar-refractivity contribution >= 4 is 20.5 Å². The molecule has 0 aliphatic carbocycles. The zero-order valence-electron chi connectivity index (χ0n) is 22.2. The lowest BCUT2D eigenvalue weighted by atomic mass is 10.1. The molecular weight excluding hydrogens is 452 g/mol.